The van der Waals surface area contributed by atoms with Crippen molar-refractivity contribution in [2.24, 2.45) is 5.84 Å². The van der Waals surface area contributed by atoms with Crippen molar-refractivity contribution in [2.45, 2.75) is 20.4 Å². The van der Waals surface area contributed by atoms with Crippen LogP contribution in [0.5, 0.6) is 0 Å². The number of aromatic nitrogens is 2. The molecule has 5 nitrogen and oxygen atoms in total. The number of nitrogen functional groups attached to an aromatic ring is 1. The largest absolute Gasteiger partial charge is 0.330 e. The smallest absolute Gasteiger partial charge is 0.275 e. The summed E-state index contributed by atoms with van der Waals surface area (Å²) in [4.78, 5) is 16.4. The van der Waals surface area contributed by atoms with Crippen LogP contribution >= 0.6 is 11.3 Å². The van der Waals surface area contributed by atoms with E-state index in [9.17, 15) is 4.79 Å². The molecule has 2 aromatic rings. The van der Waals surface area contributed by atoms with Crippen LogP contribution in [0.4, 0.5) is 0 Å². The highest BCUT2D eigenvalue weighted by molar-refractivity contribution is 7.12. The lowest BCUT2D eigenvalue weighted by Crippen LogP contribution is -2.30. The van der Waals surface area contributed by atoms with E-state index in [1.54, 1.807) is 6.33 Å². The lowest BCUT2D eigenvalue weighted by Gasteiger charge is -2.06. The van der Waals surface area contributed by atoms with Gasteiger partial charge in [-0.25, -0.2) is 10.8 Å². The third-order valence-electron chi connectivity index (χ3n) is 2.77. The van der Waals surface area contributed by atoms with Gasteiger partial charge in [0.15, 0.2) is 0 Å². The Morgan fingerprint density at radius 1 is 1.59 bits per heavy atom. The Labute approximate surface area is 103 Å². The number of hydrazine groups is 1. The number of thiophene rings is 1. The van der Waals surface area contributed by atoms with Crippen LogP contribution in [0.15, 0.2) is 17.8 Å². The summed E-state index contributed by atoms with van der Waals surface area (Å²) in [7, 11) is 0. The molecule has 0 bridgehead atoms. The van der Waals surface area contributed by atoms with Gasteiger partial charge in [0.25, 0.3) is 5.91 Å². The standard InChI is InChI=1S/C11H14N4OS/c1-7-8(2)15(6-13-7)5-9-3-4-17-10(9)11(16)14-12/h3-4,6H,5,12H2,1-2H3,(H,14,16). The molecule has 0 aliphatic heterocycles. The van der Waals surface area contributed by atoms with Crippen LogP contribution < -0.4 is 11.3 Å². The fraction of sp³-hybridized carbons (Fsp3) is 0.273. The molecule has 0 aliphatic carbocycles. The molecule has 3 N–H and O–H groups in total. The number of rotatable bonds is 3. The fourth-order valence-electron chi connectivity index (χ4n) is 1.61. The van der Waals surface area contributed by atoms with Crippen LogP contribution in [0.3, 0.4) is 0 Å². The van der Waals surface area contributed by atoms with Gasteiger partial charge in [0.05, 0.1) is 23.4 Å². The molecule has 6 heteroatoms. The van der Waals surface area contributed by atoms with Crippen molar-refractivity contribution in [3.05, 3.63) is 39.6 Å². The molecule has 0 spiro atoms. The molecule has 0 fully saturated rings. The average Bonchev–Trinajstić information content (AvgIpc) is 2.90. The van der Waals surface area contributed by atoms with Gasteiger partial charge in [0.2, 0.25) is 0 Å². The zero-order chi connectivity index (χ0) is 12.4. The van der Waals surface area contributed by atoms with E-state index in [-0.39, 0.29) is 5.91 Å². The molecule has 0 aliphatic rings. The first-order chi connectivity index (χ1) is 8.13. The van der Waals surface area contributed by atoms with Crippen molar-refractivity contribution in [3.63, 3.8) is 0 Å². The fourth-order valence-corrected chi connectivity index (χ4v) is 2.43. The highest BCUT2D eigenvalue weighted by Crippen LogP contribution is 2.18. The summed E-state index contributed by atoms with van der Waals surface area (Å²) in [5.74, 6) is 4.90. The van der Waals surface area contributed by atoms with Crippen LogP contribution in [-0.4, -0.2) is 15.5 Å². The van der Waals surface area contributed by atoms with Crippen LogP contribution in [0, 0.1) is 13.8 Å². The molecule has 0 radical (unpaired) electrons. The van der Waals surface area contributed by atoms with Gasteiger partial charge in [0.1, 0.15) is 0 Å². The van der Waals surface area contributed by atoms with Crippen LogP contribution in [-0.2, 0) is 6.54 Å². The summed E-state index contributed by atoms with van der Waals surface area (Å²) in [6.07, 6.45) is 1.78. The van der Waals surface area contributed by atoms with E-state index in [4.69, 9.17) is 5.84 Å². The van der Waals surface area contributed by atoms with Crippen molar-refractivity contribution < 1.29 is 4.79 Å². The predicted molar refractivity (Wildman–Crippen MR) is 66.8 cm³/mol. The monoisotopic (exact) mass is 250 g/mol. The first-order valence-corrected chi connectivity index (χ1v) is 6.07. The SMILES string of the molecule is Cc1ncn(Cc2ccsc2C(=O)NN)c1C. The molecule has 2 rings (SSSR count). The molecule has 1 amide bonds. The van der Waals surface area contributed by atoms with Crippen molar-refractivity contribution in [2.75, 3.05) is 0 Å². The molecule has 17 heavy (non-hydrogen) atoms. The van der Waals surface area contributed by atoms with E-state index in [0.29, 0.717) is 11.4 Å². The average molecular weight is 250 g/mol. The second-order valence-corrected chi connectivity index (χ2v) is 4.71. The van der Waals surface area contributed by atoms with E-state index in [2.05, 4.69) is 10.4 Å². The molecule has 90 valence electrons. The Hall–Kier alpha value is -1.66. The molecule has 0 aromatic carbocycles. The number of carbonyl (C=O) groups is 1. The molecule has 2 heterocycles. The molecule has 2 aromatic heterocycles. The Balaban J connectivity index is 2.28. The molecular weight excluding hydrogens is 236 g/mol. The van der Waals surface area contributed by atoms with Crippen molar-refractivity contribution in [1.29, 1.82) is 0 Å². The first kappa shape index (κ1) is 11.8. The third-order valence-corrected chi connectivity index (χ3v) is 3.73. The zero-order valence-electron chi connectivity index (χ0n) is 9.73. The summed E-state index contributed by atoms with van der Waals surface area (Å²) in [6.45, 7) is 4.61. The number of hydrogen-bond acceptors (Lipinski definition) is 4. The van der Waals surface area contributed by atoms with Gasteiger partial charge < -0.3 is 4.57 Å². The van der Waals surface area contributed by atoms with Gasteiger partial charge in [-0.3, -0.25) is 10.2 Å². The minimum Gasteiger partial charge on any atom is -0.330 e. The van der Waals surface area contributed by atoms with E-state index < -0.39 is 0 Å². The van der Waals surface area contributed by atoms with Crippen molar-refractivity contribution in [3.8, 4) is 0 Å². The van der Waals surface area contributed by atoms with Gasteiger partial charge in [0, 0.05) is 5.69 Å². The molecular formula is C11H14N4OS. The van der Waals surface area contributed by atoms with E-state index >= 15 is 0 Å². The normalized spacial score (nSPS) is 10.5. The van der Waals surface area contributed by atoms with E-state index in [1.807, 2.05) is 29.9 Å². The lowest BCUT2D eigenvalue weighted by atomic mass is 10.2. The molecule has 0 atom stereocenters. The summed E-state index contributed by atoms with van der Waals surface area (Å²) in [5, 5.41) is 1.89. The number of nitrogens with two attached hydrogens (primary N) is 1. The number of hydrogen-bond donors (Lipinski definition) is 2. The maximum Gasteiger partial charge on any atom is 0.275 e. The highest BCUT2D eigenvalue weighted by atomic mass is 32.1. The van der Waals surface area contributed by atoms with Gasteiger partial charge in [-0.05, 0) is 30.9 Å². The van der Waals surface area contributed by atoms with Crippen LogP contribution in [0.1, 0.15) is 26.6 Å². The number of imidazole rings is 1. The van der Waals surface area contributed by atoms with E-state index in [0.717, 1.165) is 17.0 Å². The second kappa shape index (κ2) is 4.68. The minimum atomic E-state index is -0.246. The first-order valence-electron chi connectivity index (χ1n) is 5.19. The Morgan fingerprint density at radius 3 is 2.94 bits per heavy atom. The number of amides is 1. The Bertz CT molecular complexity index is 543. The number of nitrogens with one attached hydrogen (secondary N) is 1. The summed E-state index contributed by atoms with van der Waals surface area (Å²) < 4.78 is 2.02. The van der Waals surface area contributed by atoms with Gasteiger partial charge in [-0.15, -0.1) is 11.3 Å². The summed E-state index contributed by atoms with van der Waals surface area (Å²) in [5.41, 5.74) is 5.23. The van der Waals surface area contributed by atoms with Crippen molar-refractivity contribution in [1.82, 2.24) is 15.0 Å². The minimum absolute atomic E-state index is 0.246. The van der Waals surface area contributed by atoms with Crippen molar-refractivity contribution >= 4 is 17.2 Å². The third kappa shape index (κ3) is 2.22. The second-order valence-electron chi connectivity index (χ2n) is 3.79. The quantitative estimate of drug-likeness (QED) is 0.488. The van der Waals surface area contributed by atoms with Gasteiger partial charge in [-0.1, -0.05) is 0 Å². The van der Waals surface area contributed by atoms with Crippen LogP contribution in [0.2, 0.25) is 0 Å². The van der Waals surface area contributed by atoms with Gasteiger partial charge >= 0.3 is 0 Å². The summed E-state index contributed by atoms with van der Waals surface area (Å²) in [6, 6.07) is 1.93. The number of aryl methyl sites for hydroxylation is 1. The predicted octanol–water partition coefficient (Wildman–Crippen LogP) is 1.21. The highest BCUT2D eigenvalue weighted by Gasteiger charge is 2.13. The molecule has 0 saturated heterocycles. The Kier molecular flexibility index (Phi) is 3.26. The lowest BCUT2D eigenvalue weighted by molar-refractivity contribution is 0.0957. The molecule has 0 saturated carbocycles. The number of carbonyl (C=O) groups excluding carboxylic acids is 1. The summed E-state index contributed by atoms with van der Waals surface area (Å²) >= 11 is 1.39. The zero-order valence-corrected chi connectivity index (χ0v) is 10.5. The van der Waals surface area contributed by atoms with E-state index in [1.165, 1.54) is 11.3 Å². The number of nitrogens with zero attached hydrogens (tertiary/aromatic N) is 2. The molecule has 0 unspecified atom stereocenters. The maximum atomic E-state index is 11.5. The van der Waals surface area contributed by atoms with Gasteiger partial charge in [-0.2, -0.15) is 0 Å². The topological polar surface area (TPSA) is 72.9 Å². The maximum absolute atomic E-state index is 11.5. The Morgan fingerprint density at radius 2 is 2.35 bits per heavy atom. The van der Waals surface area contributed by atoms with Crippen LogP contribution in [0.25, 0.3) is 0 Å².